The lowest BCUT2D eigenvalue weighted by atomic mass is 10.0. The Labute approximate surface area is 263 Å². The van der Waals surface area contributed by atoms with E-state index >= 15 is 0 Å². The van der Waals surface area contributed by atoms with E-state index in [1.807, 2.05) is 109 Å². The molecular formula is C38H35NO6. The summed E-state index contributed by atoms with van der Waals surface area (Å²) in [5.74, 6) is 1.18. The van der Waals surface area contributed by atoms with Gasteiger partial charge in [-0.3, -0.25) is 4.79 Å². The zero-order chi connectivity index (χ0) is 31.3. The van der Waals surface area contributed by atoms with Crippen molar-refractivity contribution in [1.82, 2.24) is 5.32 Å². The number of hydrogen-bond acceptors (Lipinski definition) is 6. The first-order chi connectivity index (χ1) is 22.1. The second kappa shape index (κ2) is 15.8. The third-order valence-electron chi connectivity index (χ3n) is 7.07. The molecule has 0 aliphatic rings. The van der Waals surface area contributed by atoms with Crippen molar-refractivity contribution in [2.24, 2.45) is 0 Å². The van der Waals surface area contributed by atoms with Gasteiger partial charge in [0.05, 0.1) is 7.11 Å². The fraction of sp³-hybridized carbons (Fsp3) is 0.158. The summed E-state index contributed by atoms with van der Waals surface area (Å²) >= 11 is 0. The standard InChI is InChI=1S/C38H35NO6/c1-42-38(41)36(24-28-15-19-33(20-16-28)43-25-29-9-4-2-5-10-29)39-37(40)32-17-21-34(22-18-32)44-27-31-13-8-14-35(23-31)45-26-30-11-6-3-7-12-30/h2-23,36H,24-27H2,1H3,(H,39,40)/t36-/m0/s1. The number of benzene rings is 5. The molecule has 5 aromatic rings. The van der Waals surface area contributed by atoms with E-state index in [9.17, 15) is 9.59 Å². The number of carbonyl (C=O) groups excluding carboxylic acids is 2. The maximum atomic E-state index is 13.0. The first-order valence-electron chi connectivity index (χ1n) is 14.7. The topological polar surface area (TPSA) is 83.1 Å². The van der Waals surface area contributed by atoms with Crippen molar-refractivity contribution >= 4 is 11.9 Å². The minimum atomic E-state index is -0.856. The molecule has 7 nitrogen and oxygen atoms in total. The summed E-state index contributed by atoms with van der Waals surface area (Å²) in [4.78, 5) is 25.6. The van der Waals surface area contributed by atoms with Gasteiger partial charge in [-0.15, -0.1) is 0 Å². The van der Waals surface area contributed by atoms with Crippen LogP contribution in [0.15, 0.2) is 133 Å². The molecule has 0 radical (unpaired) electrons. The summed E-state index contributed by atoms with van der Waals surface area (Å²) in [6, 6.07) is 41.0. The Morgan fingerprint density at radius 2 is 1.07 bits per heavy atom. The first kappa shape index (κ1) is 30.9. The molecule has 1 N–H and O–H groups in total. The normalized spacial score (nSPS) is 11.2. The van der Waals surface area contributed by atoms with Crippen LogP contribution in [0.3, 0.4) is 0 Å². The monoisotopic (exact) mass is 601 g/mol. The highest BCUT2D eigenvalue weighted by molar-refractivity contribution is 5.97. The van der Waals surface area contributed by atoms with E-state index in [2.05, 4.69) is 5.32 Å². The van der Waals surface area contributed by atoms with Gasteiger partial charge in [-0.05, 0) is 70.8 Å². The van der Waals surface area contributed by atoms with Crippen molar-refractivity contribution in [3.8, 4) is 17.2 Å². The van der Waals surface area contributed by atoms with Crippen LogP contribution in [-0.4, -0.2) is 25.0 Å². The highest BCUT2D eigenvalue weighted by atomic mass is 16.5. The molecule has 0 aliphatic heterocycles. The van der Waals surface area contributed by atoms with Crippen LogP contribution < -0.4 is 19.5 Å². The van der Waals surface area contributed by atoms with Gasteiger partial charge in [0, 0.05) is 12.0 Å². The van der Waals surface area contributed by atoms with Crippen molar-refractivity contribution < 1.29 is 28.5 Å². The molecule has 0 heterocycles. The maximum Gasteiger partial charge on any atom is 0.328 e. The lowest BCUT2D eigenvalue weighted by Gasteiger charge is -2.17. The molecule has 0 saturated heterocycles. The van der Waals surface area contributed by atoms with Crippen LogP contribution >= 0.6 is 0 Å². The molecular weight excluding hydrogens is 566 g/mol. The Morgan fingerprint density at radius 3 is 1.64 bits per heavy atom. The third-order valence-corrected chi connectivity index (χ3v) is 7.07. The lowest BCUT2D eigenvalue weighted by Crippen LogP contribution is -2.43. The van der Waals surface area contributed by atoms with E-state index in [0.29, 0.717) is 36.9 Å². The smallest absolute Gasteiger partial charge is 0.328 e. The molecule has 0 bridgehead atoms. The average Bonchev–Trinajstić information content (AvgIpc) is 3.10. The third kappa shape index (κ3) is 9.46. The van der Waals surface area contributed by atoms with Gasteiger partial charge in [0.1, 0.15) is 43.1 Å². The molecule has 5 aromatic carbocycles. The summed E-state index contributed by atoms with van der Waals surface area (Å²) in [5, 5.41) is 2.80. The van der Waals surface area contributed by atoms with Gasteiger partial charge in [0.15, 0.2) is 0 Å². The Bertz CT molecular complexity index is 1660. The number of ether oxygens (including phenoxy) is 4. The molecule has 7 heteroatoms. The van der Waals surface area contributed by atoms with Crippen molar-refractivity contribution in [2.75, 3.05) is 7.11 Å². The molecule has 228 valence electrons. The van der Waals surface area contributed by atoms with E-state index in [0.717, 1.165) is 28.0 Å². The van der Waals surface area contributed by atoms with E-state index < -0.39 is 12.0 Å². The lowest BCUT2D eigenvalue weighted by molar-refractivity contribution is -0.142. The van der Waals surface area contributed by atoms with Crippen LogP contribution in [0.2, 0.25) is 0 Å². The van der Waals surface area contributed by atoms with Gasteiger partial charge >= 0.3 is 5.97 Å². The van der Waals surface area contributed by atoms with E-state index in [1.165, 1.54) is 7.11 Å². The largest absolute Gasteiger partial charge is 0.489 e. The number of carbonyl (C=O) groups is 2. The summed E-state index contributed by atoms with van der Waals surface area (Å²) in [6.45, 7) is 1.29. The Morgan fingerprint density at radius 1 is 0.556 bits per heavy atom. The number of methoxy groups -OCH3 is 1. The van der Waals surface area contributed by atoms with E-state index in [1.54, 1.807) is 24.3 Å². The number of amides is 1. The summed E-state index contributed by atoms with van der Waals surface area (Å²) in [6.07, 6.45) is 0.271. The molecule has 0 spiro atoms. The highest BCUT2D eigenvalue weighted by Gasteiger charge is 2.23. The molecule has 0 aliphatic carbocycles. The maximum absolute atomic E-state index is 13.0. The van der Waals surface area contributed by atoms with E-state index in [-0.39, 0.29) is 12.3 Å². The van der Waals surface area contributed by atoms with Crippen LogP contribution in [-0.2, 0) is 35.8 Å². The quantitative estimate of drug-likeness (QED) is 0.139. The number of hydrogen-bond donors (Lipinski definition) is 1. The molecule has 1 atom stereocenters. The zero-order valence-electron chi connectivity index (χ0n) is 25.1. The number of rotatable bonds is 14. The van der Waals surface area contributed by atoms with Crippen LogP contribution in [0.25, 0.3) is 0 Å². The Kier molecular flexibility index (Phi) is 10.8. The Hall–Kier alpha value is -5.56. The molecule has 45 heavy (non-hydrogen) atoms. The second-order valence-electron chi connectivity index (χ2n) is 10.4. The Balaban J connectivity index is 1.12. The SMILES string of the molecule is COC(=O)[C@H](Cc1ccc(OCc2ccccc2)cc1)NC(=O)c1ccc(OCc2cccc(OCc3ccccc3)c2)cc1. The molecule has 0 saturated carbocycles. The molecule has 1 amide bonds. The van der Waals surface area contributed by atoms with Crippen LogP contribution in [0.4, 0.5) is 0 Å². The second-order valence-corrected chi connectivity index (χ2v) is 10.4. The fourth-order valence-corrected chi connectivity index (χ4v) is 4.61. The first-order valence-corrected chi connectivity index (χ1v) is 14.7. The molecule has 0 aromatic heterocycles. The number of esters is 1. The predicted molar refractivity (Wildman–Crippen MR) is 172 cm³/mol. The van der Waals surface area contributed by atoms with Gasteiger partial charge in [-0.1, -0.05) is 84.9 Å². The minimum Gasteiger partial charge on any atom is -0.489 e. The molecule has 0 unspecified atom stereocenters. The van der Waals surface area contributed by atoms with Gasteiger partial charge in [-0.25, -0.2) is 4.79 Å². The van der Waals surface area contributed by atoms with E-state index in [4.69, 9.17) is 18.9 Å². The molecule has 0 fully saturated rings. The highest BCUT2D eigenvalue weighted by Crippen LogP contribution is 2.20. The van der Waals surface area contributed by atoms with Crippen LogP contribution in [0.1, 0.15) is 32.6 Å². The zero-order valence-corrected chi connectivity index (χ0v) is 25.1. The number of nitrogens with one attached hydrogen (secondary N) is 1. The summed E-state index contributed by atoms with van der Waals surface area (Å²) in [7, 11) is 1.30. The van der Waals surface area contributed by atoms with Crippen molar-refractivity contribution in [2.45, 2.75) is 32.3 Å². The molecule has 5 rings (SSSR count). The summed E-state index contributed by atoms with van der Waals surface area (Å²) < 4.78 is 22.7. The van der Waals surface area contributed by atoms with Crippen LogP contribution in [0.5, 0.6) is 17.2 Å². The van der Waals surface area contributed by atoms with Crippen molar-refractivity contribution in [3.63, 3.8) is 0 Å². The van der Waals surface area contributed by atoms with Crippen molar-refractivity contribution in [3.05, 3.63) is 161 Å². The van der Waals surface area contributed by atoms with Gasteiger partial charge in [-0.2, -0.15) is 0 Å². The van der Waals surface area contributed by atoms with Crippen LogP contribution in [0, 0.1) is 0 Å². The minimum absolute atomic E-state index is 0.271. The van der Waals surface area contributed by atoms with Gasteiger partial charge < -0.3 is 24.3 Å². The summed E-state index contributed by atoms with van der Waals surface area (Å²) in [5.41, 5.74) is 4.39. The van der Waals surface area contributed by atoms with Gasteiger partial charge in [0.2, 0.25) is 0 Å². The van der Waals surface area contributed by atoms with Crippen molar-refractivity contribution in [1.29, 1.82) is 0 Å². The van der Waals surface area contributed by atoms with Gasteiger partial charge in [0.25, 0.3) is 5.91 Å². The average molecular weight is 602 g/mol. The predicted octanol–water partition coefficient (Wildman–Crippen LogP) is 6.94. The fourth-order valence-electron chi connectivity index (χ4n) is 4.61.